The summed E-state index contributed by atoms with van der Waals surface area (Å²) in [5, 5.41) is 11.7. The van der Waals surface area contributed by atoms with Crippen LogP contribution in [0.2, 0.25) is 0 Å². The van der Waals surface area contributed by atoms with Gasteiger partial charge in [0.15, 0.2) is 6.23 Å². The Morgan fingerprint density at radius 3 is 2.36 bits per heavy atom. The lowest BCUT2D eigenvalue weighted by Gasteiger charge is -2.51. The summed E-state index contributed by atoms with van der Waals surface area (Å²) < 4.78 is 5.90. The fraction of sp³-hybridized carbons (Fsp3) is 0.286. The third kappa shape index (κ3) is 3.55. The first-order valence-corrected chi connectivity index (χ1v) is 9.02. The van der Waals surface area contributed by atoms with E-state index in [1.54, 1.807) is 6.92 Å². The number of urea groups is 1. The molecule has 1 aliphatic rings. The van der Waals surface area contributed by atoms with Crippen molar-refractivity contribution in [2.24, 2.45) is 5.41 Å². The van der Waals surface area contributed by atoms with Gasteiger partial charge in [-0.15, -0.1) is 0 Å². The average Bonchev–Trinajstić information content (AvgIpc) is 2.72. The molecule has 1 aliphatic heterocycles. The van der Waals surface area contributed by atoms with Crippen LogP contribution in [0.3, 0.4) is 0 Å². The number of nitrogens with one attached hydrogen (secondary N) is 1. The normalized spacial score (nSPS) is 21.0. The van der Waals surface area contributed by atoms with Gasteiger partial charge in [-0.1, -0.05) is 37.3 Å². The minimum Gasteiger partial charge on any atom is -0.478 e. The molecule has 2 N–H and O–H groups in total. The van der Waals surface area contributed by atoms with Crippen molar-refractivity contribution < 1.29 is 24.2 Å². The molecule has 3 rings (SSSR count). The number of hydrogen-bond donors (Lipinski definition) is 2. The summed E-state index contributed by atoms with van der Waals surface area (Å²) in [6.07, 6.45) is -0.261. The number of carboxylic acid groups (broad SMARTS) is 1. The highest BCUT2D eigenvalue weighted by Gasteiger charge is 2.61. The summed E-state index contributed by atoms with van der Waals surface area (Å²) >= 11 is 0. The second kappa shape index (κ2) is 7.72. The van der Waals surface area contributed by atoms with E-state index in [1.807, 2.05) is 37.3 Å². The Hall–Kier alpha value is -3.35. The molecular formula is C21H22N2O5. The van der Waals surface area contributed by atoms with Crippen molar-refractivity contribution in [2.45, 2.75) is 33.0 Å². The first-order chi connectivity index (χ1) is 13.4. The van der Waals surface area contributed by atoms with Gasteiger partial charge in [-0.05, 0) is 43.2 Å². The quantitative estimate of drug-likeness (QED) is 0.748. The lowest BCUT2D eigenvalue weighted by Crippen LogP contribution is -2.72. The number of hydrogen-bond acceptors (Lipinski definition) is 4. The predicted octanol–water partition coefficient (Wildman–Crippen LogP) is 3.26. The van der Waals surface area contributed by atoms with Gasteiger partial charge in [0, 0.05) is 6.54 Å². The van der Waals surface area contributed by atoms with Crippen LogP contribution in [0, 0.1) is 5.41 Å². The van der Waals surface area contributed by atoms with Crippen molar-refractivity contribution in [2.75, 3.05) is 0 Å². The van der Waals surface area contributed by atoms with Gasteiger partial charge in [0.2, 0.25) is 5.91 Å². The lowest BCUT2D eigenvalue weighted by molar-refractivity contribution is -0.186. The SMILES string of the molecule is CC[C@]1(C)C(=O)N(C(=O)NCc2ccccc2)[C@H]1Oc1ccc(C(=O)O)cc1. The topological polar surface area (TPSA) is 95.9 Å². The predicted molar refractivity (Wildman–Crippen MR) is 102 cm³/mol. The van der Waals surface area contributed by atoms with Crippen LogP contribution in [-0.4, -0.2) is 34.1 Å². The average molecular weight is 382 g/mol. The van der Waals surface area contributed by atoms with E-state index in [2.05, 4.69) is 5.32 Å². The number of carbonyl (C=O) groups excluding carboxylic acids is 2. The van der Waals surface area contributed by atoms with Gasteiger partial charge in [-0.2, -0.15) is 0 Å². The van der Waals surface area contributed by atoms with Crippen LogP contribution < -0.4 is 10.1 Å². The molecule has 146 valence electrons. The summed E-state index contributed by atoms with van der Waals surface area (Å²) in [6.45, 7) is 3.92. The van der Waals surface area contributed by atoms with E-state index >= 15 is 0 Å². The molecule has 0 saturated carbocycles. The molecule has 7 heteroatoms. The van der Waals surface area contributed by atoms with Gasteiger partial charge in [-0.25, -0.2) is 14.5 Å². The van der Waals surface area contributed by atoms with Crippen molar-refractivity contribution >= 4 is 17.9 Å². The van der Waals surface area contributed by atoms with Crippen molar-refractivity contribution in [3.8, 4) is 5.75 Å². The number of likely N-dealkylation sites (tertiary alicyclic amines) is 1. The maximum Gasteiger partial charge on any atom is 0.335 e. The lowest BCUT2D eigenvalue weighted by atomic mass is 9.76. The van der Waals surface area contributed by atoms with Crippen LogP contribution in [0.4, 0.5) is 4.79 Å². The molecule has 0 bridgehead atoms. The van der Waals surface area contributed by atoms with Gasteiger partial charge < -0.3 is 15.2 Å². The second-order valence-electron chi connectivity index (χ2n) is 6.89. The molecular weight excluding hydrogens is 360 g/mol. The Balaban J connectivity index is 1.73. The standard InChI is InChI=1S/C21H22N2O5/c1-3-21(2)18(26)23(20(27)22-13-14-7-5-4-6-8-14)19(21)28-16-11-9-15(10-12-16)17(24)25/h4-12,19H,3,13H2,1-2H3,(H,22,27)(H,24,25)/t19-,21+/m0/s1. The second-order valence-corrected chi connectivity index (χ2v) is 6.89. The molecule has 0 spiro atoms. The van der Waals surface area contributed by atoms with Crippen molar-refractivity contribution in [3.05, 3.63) is 65.7 Å². The number of amides is 3. The molecule has 2 aromatic rings. The Labute approximate surface area is 162 Å². The number of benzene rings is 2. The highest BCUT2D eigenvalue weighted by molar-refractivity contribution is 6.03. The summed E-state index contributed by atoms with van der Waals surface area (Å²) in [5.41, 5.74) is 0.229. The van der Waals surface area contributed by atoms with Crippen LogP contribution >= 0.6 is 0 Å². The summed E-state index contributed by atoms with van der Waals surface area (Å²) in [5.74, 6) is -0.943. The van der Waals surface area contributed by atoms with Crippen LogP contribution in [0.25, 0.3) is 0 Å². The third-order valence-electron chi connectivity index (χ3n) is 5.08. The molecule has 1 fully saturated rings. The number of β-lactam (4-membered cyclic amide) rings is 1. The maximum absolute atomic E-state index is 12.6. The van der Waals surface area contributed by atoms with E-state index in [1.165, 1.54) is 24.3 Å². The van der Waals surface area contributed by atoms with Gasteiger partial charge >= 0.3 is 12.0 Å². The highest BCUT2D eigenvalue weighted by Crippen LogP contribution is 2.43. The molecule has 7 nitrogen and oxygen atoms in total. The molecule has 3 amide bonds. The van der Waals surface area contributed by atoms with Crippen molar-refractivity contribution in [1.29, 1.82) is 0 Å². The van der Waals surface area contributed by atoms with Gasteiger partial charge in [0.05, 0.1) is 5.56 Å². The maximum atomic E-state index is 12.6. The molecule has 1 heterocycles. The molecule has 2 aromatic carbocycles. The fourth-order valence-corrected chi connectivity index (χ4v) is 3.08. The molecule has 0 radical (unpaired) electrons. The number of nitrogens with zero attached hydrogens (tertiary/aromatic N) is 1. The first kappa shape index (κ1) is 19.4. The number of rotatable bonds is 6. The van der Waals surface area contributed by atoms with E-state index in [4.69, 9.17) is 9.84 Å². The Morgan fingerprint density at radius 2 is 1.79 bits per heavy atom. The molecule has 0 unspecified atom stereocenters. The highest BCUT2D eigenvalue weighted by atomic mass is 16.5. The monoisotopic (exact) mass is 382 g/mol. The van der Waals surface area contributed by atoms with Crippen LogP contribution in [-0.2, 0) is 11.3 Å². The van der Waals surface area contributed by atoms with Gasteiger partial charge in [0.1, 0.15) is 11.2 Å². The first-order valence-electron chi connectivity index (χ1n) is 9.02. The van der Waals surface area contributed by atoms with Crippen molar-refractivity contribution in [1.82, 2.24) is 10.2 Å². The van der Waals surface area contributed by atoms with Gasteiger partial charge in [-0.3, -0.25) is 4.79 Å². The largest absolute Gasteiger partial charge is 0.478 e. The zero-order valence-corrected chi connectivity index (χ0v) is 15.7. The van der Waals surface area contributed by atoms with Crippen LogP contribution in [0.15, 0.2) is 54.6 Å². The van der Waals surface area contributed by atoms with Crippen LogP contribution in [0.5, 0.6) is 5.75 Å². The summed E-state index contributed by atoms with van der Waals surface area (Å²) in [6, 6.07) is 14.7. The summed E-state index contributed by atoms with van der Waals surface area (Å²) in [7, 11) is 0. The zero-order valence-electron chi connectivity index (χ0n) is 15.7. The molecule has 2 atom stereocenters. The van der Waals surface area contributed by atoms with Gasteiger partial charge in [0.25, 0.3) is 0 Å². The Kier molecular flexibility index (Phi) is 5.35. The van der Waals surface area contributed by atoms with E-state index < -0.39 is 23.6 Å². The number of carboxylic acids is 1. The summed E-state index contributed by atoms with van der Waals surface area (Å²) in [4.78, 5) is 37.3. The number of carbonyl (C=O) groups is 3. The molecule has 0 aromatic heterocycles. The smallest absolute Gasteiger partial charge is 0.335 e. The Bertz CT molecular complexity index is 881. The zero-order chi connectivity index (χ0) is 20.3. The van der Waals surface area contributed by atoms with E-state index in [9.17, 15) is 14.4 Å². The van der Waals surface area contributed by atoms with E-state index in [0.29, 0.717) is 18.7 Å². The minimum absolute atomic E-state index is 0.132. The number of aromatic carboxylic acids is 1. The number of ether oxygens (including phenoxy) is 1. The van der Waals surface area contributed by atoms with E-state index in [-0.39, 0.29) is 11.5 Å². The Morgan fingerprint density at radius 1 is 1.14 bits per heavy atom. The minimum atomic E-state index is -1.04. The van der Waals surface area contributed by atoms with Crippen molar-refractivity contribution in [3.63, 3.8) is 0 Å². The van der Waals surface area contributed by atoms with Crippen LogP contribution in [0.1, 0.15) is 36.2 Å². The molecule has 1 saturated heterocycles. The molecule has 28 heavy (non-hydrogen) atoms. The third-order valence-corrected chi connectivity index (χ3v) is 5.08. The van der Waals surface area contributed by atoms with E-state index in [0.717, 1.165) is 10.5 Å². The fourth-order valence-electron chi connectivity index (χ4n) is 3.08. The number of imide groups is 1. The molecule has 0 aliphatic carbocycles.